The molecule has 1 aliphatic rings. The van der Waals surface area contributed by atoms with E-state index in [4.69, 9.17) is 4.52 Å². The van der Waals surface area contributed by atoms with Crippen LogP contribution < -0.4 is 4.90 Å². The molecule has 1 aromatic carbocycles. The Morgan fingerprint density at radius 3 is 2.64 bits per heavy atom. The van der Waals surface area contributed by atoms with Crippen molar-refractivity contribution < 1.29 is 17.3 Å². The zero-order valence-electron chi connectivity index (χ0n) is 15.2. The SMILES string of the molecule is CCc1nc(-c2csc(S(=O)(=O)N3CCN(c4ccccc4F)CC3)c2)no1. The molecule has 0 amide bonds. The van der Waals surface area contributed by atoms with Crippen LogP contribution in [0.25, 0.3) is 11.4 Å². The maximum absolute atomic E-state index is 14.0. The predicted octanol–water partition coefficient (Wildman–Crippen LogP) is 3.01. The van der Waals surface area contributed by atoms with Crippen LogP contribution in [-0.4, -0.2) is 49.0 Å². The Kier molecular flexibility index (Phi) is 5.17. The second-order valence-electron chi connectivity index (χ2n) is 6.36. The molecule has 0 aliphatic carbocycles. The first-order valence-corrected chi connectivity index (χ1v) is 11.2. The monoisotopic (exact) mass is 422 g/mol. The van der Waals surface area contributed by atoms with Gasteiger partial charge in [-0.3, -0.25) is 0 Å². The molecule has 3 heterocycles. The van der Waals surface area contributed by atoms with Crippen molar-refractivity contribution in [3.05, 3.63) is 47.4 Å². The highest BCUT2D eigenvalue weighted by Crippen LogP contribution is 2.30. The van der Waals surface area contributed by atoms with Crippen molar-refractivity contribution in [1.29, 1.82) is 0 Å². The number of anilines is 1. The van der Waals surface area contributed by atoms with Crippen molar-refractivity contribution in [2.45, 2.75) is 17.6 Å². The highest BCUT2D eigenvalue weighted by molar-refractivity contribution is 7.91. The van der Waals surface area contributed by atoms with Crippen molar-refractivity contribution in [1.82, 2.24) is 14.4 Å². The maximum Gasteiger partial charge on any atom is 0.252 e. The summed E-state index contributed by atoms with van der Waals surface area (Å²) in [5.74, 6) is 0.599. The summed E-state index contributed by atoms with van der Waals surface area (Å²) in [5.41, 5.74) is 1.12. The number of aromatic nitrogens is 2. The first-order valence-electron chi connectivity index (χ1n) is 8.90. The van der Waals surface area contributed by atoms with Gasteiger partial charge in [0.05, 0.1) is 5.69 Å². The van der Waals surface area contributed by atoms with Gasteiger partial charge in [-0.1, -0.05) is 24.2 Å². The van der Waals surface area contributed by atoms with Gasteiger partial charge in [-0.25, -0.2) is 12.8 Å². The molecule has 4 rings (SSSR count). The zero-order valence-corrected chi connectivity index (χ0v) is 16.8. The van der Waals surface area contributed by atoms with Gasteiger partial charge >= 0.3 is 0 Å². The Labute approximate surface area is 166 Å². The van der Waals surface area contributed by atoms with Gasteiger partial charge in [-0.15, -0.1) is 11.3 Å². The van der Waals surface area contributed by atoms with E-state index in [1.807, 2.05) is 11.8 Å². The van der Waals surface area contributed by atoms with E-state index in [2.05, 4.69) is 10.1 Å². The molecule has 0 atom stereocenters. The molecular formula is C18H19FN4O3S2. The number of halogens is 1. The van der Waals surface area contributed by atoms with E-state index in [9.17, 15) is 12.8 Å². The molecule has 0 unspecified atom stereocenters. The minimum Gasteiger partial charge on any atom is -0.367 e. The topological polar surface area (TPSA) is 79.5 Å². The smallest absolute Gasteiger partial charge is 0.252 e. The predicted molar refractivity (Wildman–Crippen MR) is 104 cm³/mol. The van der Waals surface area contributed by atoms with Crippen molar-refractivity contribution in [3.63, 3.8) is 0 Å². The molecule has 1 saturated heterocycles. The number of thiophene rings is 1. The molecule has 0 N–H and O–H groups in total. The standard InChI is InChI=1S/C18H19FN4O3S2/c1-2-16-20-18(21-26-16)13-11-17(27-12-13)28(24,25)23-9-7-22(8-10-23)15-6-4-3-5-14(15)19/h3-6,11-12H,2,7-10H2,1H3. The summed E-state index contributed by atoms with van der Waals surface area (Å²) in [6.45, 7) is 3.37. The summed E-state index contributed by atoms with van der Waals surface area (Å²) >= 11 is 1.14. The molecular weight excluding hydrogens is 403 g/mol. The number of nitrogens with zero attached hydrogens (tertiary/aromatic N) is 4. The van der Waals surface area contributed by atoms with Gasteiger partial charge in [0.25, 0.3) is 10.0 Å². The summed E-state index contributed by atoms with van der Waals surface area (Å²) in [7, 11) is -3.62. The molecule has 3 aromatic rings. The van der Waals surface area contributed by atoms with Gasteiger partial charge in [-0.05, 0) is 18.2 Å². The minimum atomic E-state index is -3.62. The Balaban J connectivity index is 1.48. The summed E-state index contributed by atoms with van der Waals surface area (Å²) < 4.78 is 46.7. The van der Waals surface area contributed by atoms with Crippen molar-refractivity contribution in [3.8, 4) is 11.4 Å². The van der Waals surface area contributed by atoms with Crippen LogP contribution in [0.3, 0.4) is 0 Å². The Bertz CT molecular complexity index is 1070. The maximum atomic E-state index is 14.0. The highest BCUT2D eigenvalue weighted by atomic mass is 32.2. The van der Waals surface area contributed by atoms with Gasteiger partial charge < -0.3 is 9.42 Å². The average molecular weight is 423 g/mol. The third-order valence-electron chi connectivity index (χ3n) is 4.63. The Hall–Kier alpha value is -2.30. The Morgan fingerprint density at radius 2 is 1.96 bits per heavy atom. The number of piperazine rings is 1. The lowest BCUT2D eigenvalue weighted by Gasteiger charge is -2.35. The summed E-state index contributed by atoms with van der Waals surface area (Å²) in [4.78, 5) is 6.10. The molecule has 10 heteroatoms. The lowest BCUT2D eigenvalue weighted by Crippen LogP contribution is -2.48. The third-order valence-corrected chi connectivity index (χ3v) is 7.94. The van der Waals surface area contributed by atoms with E-state index in [0.29, 0.717) is 55.6 Å². The van der Waals surface area contributed by atoms with Gasteiger partial charge in [0.2, 0.25) is 11.7 Å². The molecule has 28 heavy (non-hydrogen) atoms. The van der Waals surface area contributed by atoms with E-state index < -0.39 is 10.0 Å². The van der Waals surface area contributed by atoms with Crippen LogP contribution >= 0.6 is 11.3 Å². The second-order valence-corrected chi connectivity index (χ2v) is 9.44. The fraction of sp³-hybridized carbons (Fsp3) is 0.333. The highest BCUT2D eigenvalue weighted by Gasteiger charge is 2.30. The van der Waals surface area contributed by atoms with Gasteiger partial charge in [0.1, 0.15) is 10.0 Å². The third kappa shape index (κ3) is 3.54. The fourth-order valence-electron chi connectivity index (χ4n) is 3.09. The number of sulfonamides is 1. The normalized spacial score (nSPS) is 15.9. The molecule has 148 valence electrons. The van der Waals surface area contributed by atoms with Crippen LogP contribution in [0, 0.1) is 5.82 Å². The molecule has 1 fully saturated rings. The first-order chi connectivity index (χ1) is 13.5. The van der Waals surface area contributed by atoms with Crippen LogP contribution in [0.2, 0.25) is 0 Å². The zero-order chi connectivity index (χ0) is 19.7. The molecule has 0 spiro atoms. The molecule has 0 saturated carbocycles. The number of benzene rings is 1. The molecule has 1 aliphatic heterocycles. The van der Waals surface area contributed by atoms with E-state index in [0.717, 1.165) is 11.3 Å². The first kappa shape index (κ1) is 19.0. The van der Waals surface area contributed by atoms with E-state index in [-0.39, 0.29) is 10.0 Å². The number of hydrogen-bond donors (Lipinski definition) is 0. The second kappa shape index (κ2) is 7.61. The summed E-state index contributed by atoms with van der Waals surface area (Å²) in [5, 5.41) is 5.60. The van der Waals surface area contributed by atoms with Crippen LogP contribution in [0.5, 0.6) is 0 Å². The number of aryl methyl sites for hydroxylation is 1. The van der Waals surface area contributed by atoms with E-state index in [1.54, 1.807) is 29.6 Å². The molecule has 7 nitrogen and oxygen atoms in total. The lowest BCUT2D eigenvalue weighted by atomic mass is 10.2. The molecule has 0 bridgehead atoms. The van der Waals surface area contributed by atoms with Gasteiger partial charge in [-0.2, -0.15) is 9.29 Å². The van der Waals surface area contributed by atoms with E-state index >= 15 is 0 Å². The van der Waals surface area contributed by atoms with Crippen LogP contribution in [0.4, 0.5) is 10.1 Å². The van der Waals surface area contributed by atoms with Crippen LogP contribution in [0.1, 0.15) is 12.8 Å². The molecule has 2 aromatic heterocycles. The van der Waals surface area contributed by atoms with Gasteiger partial charge in [0.15, 0.2) is 0 Å². The van der Waals surface area contributed by atoms with Crippen molar-refractivity contribution >= 4 is 27.0 Å². The molecule has 0 radical (unpaired) electrons. The van der Waals surface area contributed by atoms with Crippen molar-refractivity contribution in [2.75, 3.05) is 31.1 Å². The average Bonchev–Trinajstić information content (AvgIpc) is 3.38. The van der Waals surface area contributed by atoms with E-state index in [1.165, 1.54) is 10.4 Å². The fourth-order valence-corrected chi connectivity index (χ4v) is 5.82. The van der Waals surface area contributed by atoms with Crippen LogP contribution in [0.15, 0.2) is 44.4 Å². The summed E-state index contributed by atoms with van der Waals surface area (Å²) in [6, 6.07) is 8.11. The van der Waals surface area contributed by atoms with Gasteiger partial charge in [0, 0.05) is 43.5 Å². The summed E-state index contributed by atoms with van der Waals surface area (Å²) in [6.07, 6.45) is 0.620. The number of para-hydroxylation sites is 1. The Morgan fingerprint density at radius 1 is 1.21 bits per heavy atom. The number of hydrogen-bond acceptors (Lipinski definition) is 7. The minimum absolute atomic E-state index is 0.240. The lowest BCUT2D eigenvalue weighted by molar-refractivity contribution is 0.382. The quantitative estimate of drug-likeness (QED) is 0.629. The number of rotatable bonds is 5. The largest absolute Gasteiger partial charge is 0.367 e. The van der Waals surface area contributed by atoms with Crippen LogP contribution in [-0.2, 0) is 16.4 Å². The van der Waals surface area contributed by atoms with Crippen molar-refractivity contribution in [2.24, 2.45) is 0 Å².